The molecular formula is C12H15N3O2S. The summed E-state index contributed by atoms with van der Waals surface area (Å²) in [6, 6.07) is 0. The zero-order valence-corrected chi connectivity index (χ0v) is 10.9. The maximum Gasteiger partial charge on any atom is 0.306 e. The predicted octanol–water partition coefficient (Wildman–Crippen LogP) is 1.55. The van der Waals surface area contributed by atoms with Crippen molar-refractivity contribution in [2.24, 2.45) is 11.8 Å². The van der Waals surface area contributed by atoms with E-state index in [4.69, 9.17) is 5.11 Å². The van der Waals surface area contributed by atoms with Gasteiger partial charge in [0.1, 0.15) is 0 Å². The van der Waals surface area contributed by atoms with E-state index in [1.807, 2.05) is 22.2 Å². The number of carboxylic acids is 1. The monoisotopic (exact) mass is 265 g/mol. The van der Waals surface area contributed by atoms with E-state index in [-0.39, 0.29) is 11.8 Å². The van der Waals surface area contributed by atoms with E-state index in [0.717, 1.165) is 30.3 Å². The topological polar surface area (TPSA) is 57.8 Å². The molecule has 1 saturated heterocycles. The van der Waals surface area contributed by atoms with E-state index in [9.17, 15) is 4.79 Å². The van der Waals surface area contributed by atoms with Gasteiger partial charge in [-0.2, -0.15) is 0 Å². The summed E-state index contributed by atoms with van der Waals surface area (Å²) in [5, 5.41) is 10.9. The number of imidazole rings is 1. The number of aliphatic carboxylic acids is 1. The molecule has 1 atom stereocenters. The van der Waals surface area contributed by atoms with Crippen LogP contribution in [0.15, 0.2) is 17.8 Å². The van der Waals surface area contributed by atoms with Crippen LogP contribution in [0, 0.1) is 11.8 Å². The van der Waals surface area contributed by atoms with Gasteiger partial charge in [-0.15, -0.1) is 11.3 Å². The Morgan fingerprint density at radius 2 is 2.44 bits per heavy atom. The number of aromatic nitrogens is 2. The second kappa shape index (κ2) is 4.37. The molecule has 0 aromatic carbocycles. The van der Waals surface area contributed by atoms with E-state index >= 15 is 0 Å². The molecule has 6 heteroatoms. The van der Waals surface area contributed by atoms with Crippen LogP contribution in [-0.4, -0.2) is 38.4 Å². The van der Waals surface area contributed by atoms with Crippen molar-refractivity contribution >= 4 is 22.3 Å². The molecule has 0 radical (unpaired) electrons. The number of thiazole rings is 1. The molecule has 3 heterocycles. The number of rotatable bonds is 4. The van der Waals surface area contributed by atoms with Crippen LogP contribution >= 0.6 is 11.3 Å². The lowest BCUT2D eigenvalue weighted by Gasteiger charge is -2.40. The highest BCUT2D eigenvalue weighted by Gasteiger charge is 2.34. The Kier molecular flexibility index (Phi) is 2.83. The lowest BCUT2D eigenvalue weighted by Crippen LogP contribution is -2.50. The first kappa shape index (κ1) is 11.7. The number of carbonyl (C=O) groups is 1. The van der Waals surface area contributed by atoms with Gasteiger partial charge in [0.25, 0.3) is 0 Å². The summed E-state index contributed by atoms with van der Waals surface area (Å²) in [6.45, 7) is 4.32. The number of hydrogen-bond donors (Lipinski definition) is 1. The van der Waals surface area contributed by atoms with Crippen LogP contribution in [0.2, 0.25) is 0 Å². The normalized spacial score (nSPS) is 18.9. The van der Waals surface area contributed by atoms with Gasteiger partial charge in [0, 0.05) is 37.4 Å². The van der Waals surface area contributed by atoms with Crippen molar-refractivity contribution in [3.05, 3.63) is 23.5 Å². The largest absolute Gasteiger partial charge is 0.481 e. The van der Waals surface area contributed by atoms with Gasteiger partial charge in [-0.05, 0) is 5.92 Å². The first-order valence-corrected chi connectivity index (χ1v) is 6.87. The quantitative estimate of drug-likeness (QED) is 0.911. The molecule has 5 nitrogen and oxygen atoms in total. The van der Waals surface area contributed by atoms with Crippen LogP contribution in [0.5, 0.6) is 0 Å². The first-order valence-electron chi connectivity index (χ1n) is 5.99. The number of carboxylic acid groups (broad SMARTS) is 1. The van der Waals surface area contributed by atoms with Crippen LogP contribution in [0.3, 0.4) is 0 Å². The molecule has 96 valence electrons. The van der Waals surface area contributed by atoms with Crippen LogP contribution in [0.25, 0.3) is 4.96 Å². The molecule has 2 aromatic heterocycles. The third-order valence-corrected chi connectivity index (χ3v) is 4.38. The molecule has 0 spiro atoms. The first-order chi connectivity index (χ1) is 8.63. The summed E-state index contributed by atoms with van der Waals surface area (Å²) in [5.74, 6) is -0.653. The second-order valence-corrected chi connectivity index (χ2v) is 5.78. The summed E-state index contributed by atoms with van der Waals surface area (Å²) in [7, 11) is 0. The van der Waals surface area contributed by atoms with Crippen molar-refractivity contribution in [1.29, 1.82) is 0 Å². The highest BCUT2D eigenvalue weighted by Crippen LogP contribution is 2.25. The predicted molar refractivity (Wildman–Crippen MR) is 68.6 cm³/mol. The Labute approximate surface area is 109 Å². The third kappa shape index (κ3) is 2.02. The number of likely N-dealkylation sites (tertiary alicyclic amines) is 1. The van der Waals surface area contributed by atoms with E-state index in [2.05, 4.69) is 9.88 Å². The van der Waals surface area contributed by atoms with Gasteiger partial charge in [-0.3, -0.25) is 14.1 Å². The minimum absolute atomic E-state index is 0.244. The molecule has 2 aromatic rings. The second-order valence-electron chi connectivity index (χ2n) is 4.91. The van der Waals surface area contributed by atoms with Crippen LogP contribution in [0.1, 0.15) is 12.6 Å². The number of hydrogen-bond acceptors (Lipinski definition) is 4. The van der Waals surface area contributed by atoms with Gasteiger partial charge in [-0.1, -0.05) is 6.92 Å². The summed E-state index contributed by atoms with van der Waals surface area (Å²) in [5.41, 5.74) is 1.06. The molecule has 0 bridgehead atoms. The standard InChI is InChI=1S/C12H15N3O2S/c1-8(11(16)17)9-4-14(5-9)6-10-7-15-2-3-18-12(15)13-10/h2-3,7-9H,4-6H2,1H3,(H,16,17). The molecule has 0 amide bonds. The van der Waals surface area contributed by atoms with Gasteiger partial charge < -0.3 is 5.11 Å². The van der Waals surface area contributed by atoms with Crippen LogP contribution < -0.4 is 0 Å². The fraction of sp³-hybridized carbons (Fsp3) is 0.500. The van der Waals surface area contributed by atoms with Gasteiger partial charge >= 0.3 is 5.97 Å². The van der Waals surface area contributed by atoms with E-state index in [1.54, 1.807) is 18.3 Å². The van der Waals surface area contributed by atoms with Gasteiger partial charge in [0.15, 0.2) is 4.96 Å². The molecular weight excluding hydrogens is 250 g/mol. The van der Waals surface area contributed by atoms with Gasteiger partial charge in [0.2, 0.25) is 0 Å². The summed E-state index contributed by atoms with van der Waals surface area (Å²) in [4.78, 5) is 18.6. The zero-order valence-electron chi connectivity index (χ0n) is 10.1. The van der Waals surface area contributed by atoms with Crippen molar-refractivity contribution in [2.75, 3.05) is 13.1 Å². The molecule has 18 heavy (non-hydrogen) atoms. The average Bonchev–Trinajstić information content (AvgIpc) is 2.81. The molecule has 0 aliphatic carbocycles. The Morgan fingerprint density at radius 3 is 3.11 bits per heavy atom. The van der Waals surface area contributed by atoms with Crippen molar-refractivity contribution in [1.82, 2.24) is 14.3 Å². The Hall–Kier alpha value is -1.40. The van der Waals surface area contributed by atoms with E-state index in [0.29, 0.717) is 0 Å². The Balaban J connectivity index is 1.57. The molecule has 1 aliphatic rings. The molecule has 1 fully saturated rings. The average molecular weight is 265 g/mol. The lowest BCUT2D eigenvalue weighted by molar-refractivity contribution is -0.145. The van der Waals surface area contributed by atoms with Crippen molar-refractivity contribution in [3.8, 4) is 0 Å². The molecule has 1 aliphatic heterocycles. The highest BCUT2D eigenvalue weighted by atomic mass is 32.1. The van der Waals surface area contributed by atoms with Crippen molar-refractivity contribution in [3.63, 3.8) is 0 Å². The van der Waals surface area contributed by atoms with Gasteiger partial charge in [0.05, 0.1) is 11.6 Å². The van der Waals surface area contributed by atoms with E-state index in [1.165, 1.54) is 0 Å². The Morgan fingerprint density at radius 1 is 1.67 bits per heavy atom. The summed E-state index contributed by atoms with van der Waals surface area (Å²) >= 11 is 1.63. The molecule has 3 rings (SSSR count). The Bertz CT molecular complexity index is 542. The maximum absolute atomic E-state index is 10.8. The highest BCUT2D eigenvalue weighted by molar-refractivity contribution is 7.15. The minimum atomic E-state index is -0.692. The van der Waals surface area contributed by atoms with Crippen molar-refractivity contribution < 1.29 is 9.90 Å². The smallest absolute Gasteiger partial charge is 0.306 e. The summed E-state index contributed by atoms with van der Waals surface area (Å²) in [6.07, 6.45) is 4.04. The maximum atomic E-state index is 10.8. The van der Waals surface area contributed by atoms with E-state index < -0.39 is 5.97 Å². The number of nitrogens with zero attached hydrogens (tertiary/aromatic N) is 3. The minimum Gasteiger partial charge on any atom is -0.481 e. The third-order valence-electron chi connectivity index (χ3n) is 3.61. The molecule has 1 unspecified atom stereocenters. The number of fused-ring (bicyclic) bond motifs is 1. The van der Waals surface area contributed by atoms with Crippen LogP contribution in [0.4, 0.5) is 0 Å². The van der Waals surface area contributed by atoms with Gasteiger partial charge in [-0.25, -0.2) is 4.98 Å². The zero-order chi connectivity index (χ0) is 12.7. The molecule has 1 N–H and O–H groups in total. The molecule has 0 saturated carbocycles. The lowest BCUT2D eigenvalue weighted by atomic mass is 9.87. The fourth-order valence-electron chi connectivity index (χ4n) is 2.34. The fourth-order valence-corrected chi connectivity index (χ4v) is 3.06. The van der Waals surface area contributed by atoms with Crippen LogP contribution in [-0.2, 0) is 11.3 Å². The van der Waals surface area contributed by atoms with Crippen molar-refractivity contribution in [2.45, 2.75) is 13.5 Å². The SMILES string of the molecule is CC(C(=O)O)C1CN(Cc2cn3ccsc3n2)C1. The summed E-state index contributed by atoms with van der Waals surface area (Å²) < 4.78 is 2.02.